The molecule has 226 valence electrons. The van der Waals surface area contributed by atoms with E-state index in [0.29, 0.717) is 12.6 Å². The summed E-state index contributed by atoms with van der Waals surface area (Å²) >= 11 is 0. The SMILES string of the molecule is CCN(c1cc(-c2ccc(N3CCN(C)CC3)nc2)cc2c(NCc3c(C)cc(C)[nH]c3=O)nccc12)C1CCNCC1. The number of fused-ring (bicyclic) bond motifs is 1. The van der Waals surface area contributed by atoms with Gasteiger partial charge in [0.1, 0.15) is 11.6 Å². The van der Waals surface area contributed by atoms with Crippen LogP contribution in [0.4, 0.5) is 17.3 Å². The molecule has 0 aliphatic carbocycles. The third-order valence-electron chi connectivity index (χ3n) is 9.09. The van der Waals surface area contributed by atoms with Gasteiger partial charge in [0, 0.05) is 91.0 Å². The minimum Gasteiger partial charge on any atom is -0.368 e. The van der Waals surface area contributed by atoms with E-state index in [1.807, 2.05) is 32.3 Å². The maximum absolute atomic E-state index is 12.8. The second-order valence-electron chi connectivity index (χ2n) is 12.0. The van der Waals surface area contributed by atoms with Crippen molar-refractivity contribution in [3.05, 3.63) is 76.0 Å². The van der Waals surface area contributed by atoms with Gasteiger partial charge in [-0.1, -0.05) is 0 Å². The number of nitrogens with zero attached hydrogens (tertiary/aromatic N) is 5. The third kappa shape index (κ3) is 6.24. The molecule has 0 spiro atoms. The lowest BCUT2D eigenvalue weighted by molar-refractivity contribution is 0.312. The van der Waals surface area contributed by atoms with Crippen LogP contribution in [0.3, 0.4) is 0 Å². The topological polar surface area (TPSA) is 92.4 Å². The molecular weight excluding hydrogens is 536 g/mol. The number of likely N-dealkylation sites (N-methyl/N-ethyl adjacent to an activating group) is 1. The maximum Gasteiger partial charge on any atom is 0.253 e. The Balaban J connectivity index is 1.40. The van der Waals surface area contributed by atoms with E-state index in [1.165, 1.54) is 5.69 Å². The molecule has 9 heteroatoms. The molecular formula is C34H44N8O. The predicted octanol–water partition coefficient (Wildman–Crippen LogP) is 4.54. The molecule has 0 radical (unpaired) electrons. The zero-order valence-electron chi connectivity index (χ0n) is 25.9. The Kier molecular flexibility index (Phi) is 8.63. The standard InChI is InChI=1S/C34H44N8O/c1-5-42(27-8-11-35-12-9-27)31-20-26(25-6-7-32(37-21-25)41-16-14-40(4)15-17-41)19-29-28(31)10-13-36-33(29)38-22-30-23(2)18-24(3)39-34(30)43/h6-7,10,13,18-21,27,35H,5,8-9,11-12,14-17,22H2,1-4H3,(H,36,38)(H,39,43). The van der Waals surface area contributed by atoms with Crippen molar-refractivity contribution in [2.24, 2.45) is 0 Å². The molecule has 2 fully saturated rings. The predicted molar refractivity (Wildman–Crippen MR) is 177 cm³/mol. The third-order valence-corrected chi connectivity index (χ3v) is 9.09. The number of aromatic amines is 1. The Bertz CT molecular complexity index is 1620. The van der Waals surface area contributed by atoms with Crippen molar-refractivity contribution in [1.82, 2.24) is 25.2 Å². The molecule has 0 atom stereocenters. The number of anilines is 3. The molecule has 3 aromatic heterocycles. The highest BCUT2D eigenvalue weighted by atomic mass is 16.1. The number of nitrogens with one attached hydrogen (secondary N) is 3. The first-order valence-electron chi connectivity index (χ1n) is 15.6. The van der Waals surface area contributed by atoms with Gasteiger partial charge in [0.2, 0.25) is 0 Å². The molecule has 0 saturated carbocycles. The fourth-order valence-corrected chi connectivity index (χ4v) is 6.61. The van der Waals surface area contributed by atoms with Crippen LogP contribution < -0.4 is 26.0 Å². The number of rotatable bonds is 8. The lowest BCUT2D eigenvalue weighted by Crippen LogP contribution is -2.44. The van der Waals surface area contributed by atoms with E-state index in [4.69, 9.17) is 9.97 Å². The Hall–Kier alpha value is -3.95. The summed E-state index contributed by atoms with van der Waals surface area (Å²) in [6, 6.07) is 13.5. The molecule has 0 unspecified atom stereocenters. The van der Waals surface area contributed by atoms with Crippen molar-refractivity contribution in [1.29, 1.82) is 0 Å². The van der Waals surface area contributed by atoms with Crippen LogP contribution in [0.25, 0.3) is 21.9 Å². The summed E-state index contributed by atoms with van der Waals surface area (Å²) in [6.45, 7) is 13.6. The summed E-state index contributed by atoms with van der Waals surface area (Å²) in [4.78, 5) is 32.7. The number of aromatic nitrogens is 3. The Morgan fingerprint density at radius 2 is 1.77 bits per heavy atom. The van der Waals surface area contributed by atoms with Gasteiger partial charge in [-0.25, -0.2) is 9.97 Å². The average molecular weight is 581 g/mol. The van der Waals surface area contributed by atoms with Gasteiger partial charge in [-0.2, -0.15) is 0 Å². The molecule has 2 saturated heterocycles. The van der Waals surface area contributed by atoms with Crippen LogP contribution in [-0.2, 0) is 6.54 Å². The van der Waals surface area contributed by atoms with Gasteiger partial charge < -0.3 is 30.3 Å². The molecule has 0 bridgehead atoms. The minimum absolute atomic E-state index is 0.0544. The van der Waals surface area contributed by atoms with Crippen molar-refractivity contribution in [3.63, 3.8) is 0 Å². The number of piperidine rings is 1. The molecule has 3 N–H and O–H groups in total. The lowest BCUT2D eigenvalue weighted by atomic mass is 9.97. The van der Waals surface area contributed by atoms with E-state index in [-0.39, 0.29) is 5.56 Å². The smallest absolute Gasteiger partial charge is 0.253 e. The van der Waals surface area contributed by atoms with Gasteiger partial charge in [0.25, 0.3) is 5.56 Å². The Labute approximate surface area is 254 Å². The maximum atomic E-state index is 12.8. The second kappa shape index (κ2) is 12.7. The normalized spacial score (nSPS) is 16.5. The largest absolute Gasteiger partial charge is 0.368 e. The highest BCUT2D eigenvalue weighted by Crippen LogP contribution is 2.38. The van der Waals surface area contributed by atoms with Gasteiger partial charge in [-0.15, -0.1) is 0 Å². The molecule has 2 aliphatic rings. The average Bonchev–Trinajstić information content (AvgIpc) is 3.02. The van der Waals surface area contributed by atoms with E-state index >= 15 is 0 Å². The molecule has 1 aromatic carbocycles. The number of hydrogen-bond acceptors (Lipinski definition) is 8. The van der Waals surface area contributed by atoms with Crippen LogP contribution in [0.5, 0.6) is 0 Å². The summed E-state index contributed by atoms with van der Waals surface area (Å²) in [5, 5.41) is 9.25. The van der Waals surface area contributed by atoms with Gasteiger partial charge >= 0.3 is 0 Å². The number of hydrogen-bond donors (Lipinski definition) is 3. The van der Waals surface area contributed by atoms with Crippen LogP contribution in [0.1, 0.15) is 36.6 Å². The van der Waals surface area contributed by atoms with Crippen molar-refractivity contribution < 1.29 is 0 Å². The van der Waals surface area contributed by atoms with Crippen molar-refractivity contribution in [2.75, 3.05) is 68.0 Å². The lowest BCUT2D eigenvalue weighted by Gasteiger charge is -2.36. The van der Waals surface area contributed by atoms with Crippen LogP contribution in [-0.4, -0.2) is 78.8 Å². The first-order chi connectivity index (χ1) is 20.9. The van der Waals surface area contributed by atoms with Crippen LogP contribution in [0, 0.1) is 13.8 Å². The Morgan fingerprint density at radius 1 is 0.977 bits per heavy atom. The summed E-state index contributed by atoms with van der Waals surface area (Å²) in [6.07, 6.45) is 6.12. The van der Waals surface area contributed by atoms with Crippen LogP contribution in [0.2, 0.25) is 0 Å². The summed E-state index contributed by atoms with van der Waals surface area (Å²) in [7, 11) is 2.17. The molecule has 6 rings (SSSR count). The van der Waals surface area contributed by atoms with E-state index in [2.05, 4.69) is 74.6 Å². The first-order valence-corrected chi connectivity index (χ1v) is 15.6. The minimum atomic E-state index is -0.0544. The molecule has 2 aliphatic heterocycles. The van der Waals surface area contributed by atoms with E-state index < -0.39 is 0 Å². The molecule has 0 amide bonds. The van der Waals surface area contributed by atoms with E-state index in [9.17, 15) is 4.79 Å². The Morgan fingerprint density at radius 3 is 2.47 bits per heavy atom. The number of pyridine rings is 3. The fraction of sp³-hybridized carbons (Fsp3) is 0.441. The second-order valence-corrected chi connectivity index (χ2v) is 12.0. The monoisotopic (exact) mass is 580 g/mol. The molecule has 9 nitrogen and oxygen atoms in total. The van der Waals surface area contributed by atoms with E-state index in [1.54, 1.807) is 0 Å². The van der Waals surface area contributed by atoms with Gasteiger partial charge in [0.15, 0.2) is 0 Å². The van der Waals surface area contributed by atoms with Crippen molar-refractivity contribution in [2.45, 2.75) is 46.2 Å². The quantitative estimate of drug-likeness (QED) is 0.280. The van der Waals surface area contributed by atoms with Crippen LogP contribution in [0.15, 0.2) is 53.6 Å². The van der Waals surface area contributed by atoms with Crippen molar-refractivity contribution in [3.8, 4) is 11.1 Å². The molecule has 4 aromatic rings. The van der Waals surface area contributed by atoms with E-state index in [0.717, 1.165) is 109 Å². The fourth-order valence-electron chi connectivity index (χ4n) is 6.61. The molecule has 5 heterocycles. The molecule has 43 heavy (non-hydrogen) atoms. The summed E-state index contributed by atoms with van der Waals surface area (Å²) < 4.78 is 0. The number of piperazine rings is 1. The summed E-state index contributed by atoms with van der Waals surface area (Å²) in [5.74, 6) is 1.81. The zero-order chi connectivity index (χ0) is 29.9. The highest BCUT2D eigenvalue weighted by molar-refractivity contribution is 6.03. The van der Waals surface area contributed by atoms with Gasteiger partial charge in [-0.3, -0.25) is 4.79 Å². The number of aryl methyl sites for hydroxylation is 2. The number of H-pyrrole nitrogens is 1. The zero-order valence-corrected chi connectivity index (χ0v) is 25.9. The van der Waals surface area contributed by atoms with Gasteiger partial charge in [-0.05, 0) is 101 Å². The first kappa shape index (κ1) is 29.1. The van der Waals surface area contributed by atoms with Crippen LogP contribution >= 0.6 is 0 Å². The number of benzene rings is 1. The summed E-state index contributed by atoms with van der Waals surface area (Å²) in [5.41, 5.74) is 5.95. The van der Waals surface area contributed by atoms with Gasteiger partial charge in [0.05, 0.1) is 0 Å². The highest BCUT2D eigenvalue weighted by Gasteiger charge is 2.23. The van der Waals surface area contributed by atoms with Crippen molar-refractivity contribution >= 4 is 28.1 Å².